The summed E-state index contributed by atoms with van der Waals surface area (Å²) in [5.41, 5.74) is 1.64. The molecule has 1 unspecified atom stereocenters. The van der Waals surface area contributed by atoms with E-state index in [0.717, 1.165) is 30.8 Å². The summed E-state index contributed by atoms with van der Waals surface area (Å²) in [5, 5.41) is 0.672. The second-order valence-corrected chi connectivity index (χ2v) is 7.54. The average molecular weight is 401 g/mol. The van der Waals surface area contributed by atoms with Gasteiger partial charge in [-0.2, -0.15) is 0 Å². The van der Waals surface area contributed by atoms with Crippen LogP contribution in [0.15, 0.2) is 47.5 Å². The first-order valence-electron chi connectivity index (χ1n) is 9.44. The lowest BCUT2D eigenvalue weighted by molar-refractivity contribution is -0.136. The molecule has 1 heterocycles. The van der Waals surface area contributed by atoms with Crippen molar-refractivity contribution in [1.29, 1.82) is 0 Å². The van der Waals surface area contributed by atoms with Crippen LogP contribution in [-0.2, 0) is 4.79 Å². The number of hydrogen-bond donors (Lipinski definition) is 0. The first kappa shape index (κ1) is 20.4. The van der Waals surface area contributed by atoms with Crippen molar-refractivity contribution in [3.8, 4) is 11.5 Å². The van der Waals surface area contributed by atoms with Gasteiger partial charge in [-0.05, 0) is 73.3 Å². The van der Waals surface area contributed by atoms with E-state index in [9.17, 15) is 4.79 Å². The number of halogens is 1. The molecule has 0 spiro atoms. The summed E-state index contributed by atoms with van der Waals surface area (Å²) in [6.45, 7) is 4.39. The number of carbonyl (C=O) groups is 1. The number of aliphatic imine (C=N–C) groups is 1. The molecule has 0 radical (unpaired) electrons. The number of likely N-dealkylation sites (tertiary alicyclic amines) is 1. The maximum absolute atomic E-state index is 12.3. The minimum absolute atomic E-state index is 0.269. The smallest absolute Gasteiger partial charge is 0.325 e. The Bertz CT molecular complexity index is 836. The van der Waals surface area contributed by atoms with Crippen molar-refractivity contribution in [2.24, 2.45) is 10.9 Å². The van der Waals surface area contributed by atoms with E-state index in [2.05, 4.69) is 16.8 Å². The van der Waals surface area contributed by atoms with Crippen molar-refractivity contribution in [2.75, 3.05) is 26.7 Å². The maximum atomic E-state index is 12.3. The number of methoxy groups -OCH3 is 1. The number of rotatable bonds is 6. The van der Waals surface area contributed by atoms with E-state index in [1.165, 1.54) is 6.42 Å². The van der Waals surface area contributed by atoms with Crippen LogP contribution in [0.2, 0.25) is 5.02 Å². The molecule has 0 aliphatic carbocycles. The topological polar surface area (TPSA) is 51.1 Å². The first-order chi connectivity index (χ1) is 13.5. The van der Waals surface area contributed by atoms with Gasteiger partial charge in [-0.25, -0.2) is 0 Å². The number of carbonyl (C=O) groups excluding carboxylic acids is 1. The summed E-state index contributed by atoms with van der Waals surface area (Å²) in [6.07, 6.45) is 4.07. The summed E-state index contributed by atoms with van der Waals surface area (Å²) in [7, 11) is 1.55. The normalized spacial score (nSPS) is 17.6. The van der Waals surface area contributed by atoms with Crippen LogP contribution in [0.1, 0.15) is 25.3 Å². The minimum atomic E-state index is -0.269. The van der Waals surface area contributed by atoms with Crippen LogP contribution in [0.5, 0.6) is 11.5 Å². The standard InChI is InChI=1S/C22H25ClN2O3/c1-16-4-3-11-25(14-16)15-22(26)28-20-10-5-17(12-21(20)27-2)13-24-19-8-6-18(23)7-9-19/h5-10,12-13,16H,3-4,11,14-15H2,1-2H3. The maximum Gasteiger partial charge on any atom is 0.325 e. The number of esters is 1. The van der Waals surface area contributed by atoms with E-state index in [0.29, 0.717) is 29.0 Å². The van der Waals surface area contributed by atoms with E-state index in [4.69, 9.17) is 21.1 Å². The Hall–Kier alpha value is -2.37. The van der Waals surface area contributed by atoms with Crippen molar-refractivity contribution in [3.63, 3.8) is 0 Å². The molecular formula is C22H25ClN2O3. The number of ether oxygens (including phenoxy) is 2. The van der Waals surface area contributed by atoms with Crippen molar-refractivity contribution >= 4 is 29.5 Å². The third kappa shape index (κ3) is 5.81. The lowest BCUT2D eigenvalue weighted by Gasteiger charge is -2.29. The molecule has 0 aromatic heterocycles. The Morgan fingerprint density at radius 3 is 2.75 bits per heavy atom. The molecule has 1 saturated heterocycles. The summed E-state index contributed by atoms with van der Waals surface area (Å²) in [4.78, 5) is 18.9. The highest BCUT2D eigenvalue weighted by Crippen LogP contribution is 2.28. The molecule has 0 saturated carbocycles. The van der Waals surface area contributed by atoms with Gasteiger partial charge in [0.15, 0.2) is 11.5 Å². The summed E-state index contributed by atoms with van der Waals surface area (Å²) in [5.74, 6) is 1.27. The number of piperidine rings is 1. The molecule has 0 amide bonds. The molecule has 0 bridgehead atoms. The van der Waals surface area contributed by atoms with E-state index < -0.39 is 0 Å². The minimum Gasteiger partial charge on any atom is -0.493 e. The number of hydrogen-bond acceptors (Lipinski definition) is 5. The molecule has 1 fully saturated rings. The van der Waals surface area contributed by atoms with Gasteiger partial charge in [0.25, 0.3) is 0 Å². The molecule has 2 aromatic rings. The fraction of sp³-hybridized carbons (Fsp3) is 0.364. The van der Waals surface area contributed by atoms with Crippen LogP contribution in [0.4, 0.5) is 5.69 Å². The van der Waals surface area contributed by atoms with Gasteiger partial charge in [-0.15, -0.1) is 0 Å². The van der Waals surface area contributed by atoms with Crippen LogP contribution >= 0.6 is 11.6 Å². The zero-order valence-corrected chi connectivity index (χ0v) is 17.0. The second-order valence-electron chi connectivity index (χ2n) is 7.10. The quantitative estimate of drug-likeness (QED) is 0.399. The van der Waals surface area contributed by atoms with Gasteiger partial charge in [0, 0.05) is 17.8 Å². The SMILES string of the molecule is COc1cc(C=Nc2ccc(Cl)cc2)ccc1OC(=O)CN1CCCC(C)C1. The van der Waals surface area contributed by atoms with E-state index in [-0.39, 0.29) is 5.97 Å². The summed E-state index contributed by atoms with van der Waals surface area (Å²) in [6, 6.07) is 12.6. The summed E-state index contributed by atoms with van der Waals surface area (Å²) >= 11 is 5.88. The Labute approximate surface area is 170 Å². The van der Waals surface area contributed by atoms with Crippen LogP contribution in [0, 0.1) is 5.92 Å². The lowest BCUT2D eigenvalue weighted by atomic mass is 10.0. The fourth-order valence-electron chi connectivity index (χ4n) is 3.29. The third-order valence-corrected chi connectivity index (χ3v) is 4.95. The van der Waals surface area contributed by atoms with E-state index in [1.807, 2.05) is 18.2 Å². The zero-order chi connectivity index (χ0) is 19.9. The van der Waals surface area contributed by atoms with Crippen molar-refractivity contribution < 1.29 is 14.3 Å². The Morgan fingerprint density at radius 2 is 2.04 bits per heavy atom. The van der Waals surface area contributed by atoms with Crippen molar-refractivity contribution in [3.05, 3.63) is 53.1 Å². The largest absolute Gasteiger partial charge is 0.493 e. The van der Waals surface area contributed by atoms with E-state index >= 15 is 0 Å². The van der Waals surface area contributed by atoms with Crippen LogP contribution in [0.25, 0.3) is 0 Å². The second kappa shape index (κ2) is 9.71. The highest BCUT2D eigenvalue weighted by Gasteiger charge is 2.20. The highest BCUT2D eigenvalue weighted by molar-refractivity contribution is 6.30. The fourth-order valence-corrected chi connectivity index (χ4v) is 3.42. The predicted octanol–water partition coefficient (Wildman–Crippen LogP) is 4.74. The van der Waals surface area contributed by atoms with Gasteiger partial charge in [0.05, 0.1) is 19.3 Å². The molecule has 28 heavy (non-hydrogen) atoms. The van der Waals surface area contributed by atoms with Crippen molar-refractivity contribution in [2.45, 2.75) is 19.8 Å². The molecule has 6 heteroatoms. The molecule has 0 N–H and O–H groups in total. The van der Waals surface area contributed by atoms with Gasteiger partial charge < -0.3 is 9.47 Å². The number of benzene rings is 2. The highest BCUT2D eigenvalue weighted by atomic mass is 35.5. The molecule has 1 atom stereocenters. The lowest BCUT2D eigenvalue weighted by Crippen LogP contribution is -2.39. The van der Waals surface area contributed by atoms with Crippen molar-refractivity contribution in [1.82, 2.24) is 4.90 Å². The average Bonchev–Trinajstić information content (AvgIpc) is 2.68. The zero-order valence-electron chi connectivity index (χ0n) is 16.2. The molecule has 1 aliphatic rings. The van der Waals surface area contributed by atoms with Gasteiger partial charge in [-0.3, -0.25) is 14.7 Å². The number of nitrogens with zero attached hydrogens (tertiary/aromatic N) is 2. The predicted molar refractivity (Wildman–Crippen MR) is 112 cm³/mol. The Morgan fingerprint density at radius 1 is 1.25 bits per heavy atom. The van der Waals surface area contributed by atoms with Gasteiger partial charge >= 0.3 is 5.97 Å². The van der Waals surface area contributed by atoms with Gasteiger partial charge in [-0.1, -0.05) is 18.5 Å². The molecule has 1 aliphatic heterocycles. The molecule has 148 valence electrons. The van der Waals surface area contributed by atoms with Crippen LogP contribution in [0.3, 0.4) is 0 Å². The molecular weight excluding hydrogens is 376 g/mol. The monoisotopic (exact) mass is 400 g/mol. The third-order valence-electron chi connectivity index (χ3n) is 4.69. The Kier molecular flexibility index (Phi) is 7.06. The van der Waals surface area contributed by atoms with Gasteiger partial charge in [0.1, 0.15) is 0 Å². The molecule has 2 aromatic carbocycles. The van der Waals surface area contributed by atoms with Gasteiger partial charge in [0.2, 0.25) is 0 Å². The summed E-state index contributed by atoms with van der Waals surface area (Å²) < 4.78 is 10.9. The van der Waals surface area contributed by atoms with Crippen LogP contribution < -0.4 is 9.47 Å². The molecule has 5 nitrogen and oxygen atoms in total. The van der Waals surface area contributed by atoms with E-state index in [1.54, 1.807) is 37.6 Å². The molecule has 3 rings (SSSR count). The Balaban J connectivity index is 1.63. The first-order valence-corrected chi connectivity index (χ1v) is 9.82. The van der Waals surface area contributed by atoms with Crippen LogP contribution in [-0.4, -0.2) is 43.8 Å².